The molecule has 6 unspecified atom stereocenters. The lowest BCUT2D eigenvalue weighted by atomic mass is 9.99. The standard InChI is InChI=1S/C52H96O9/c1-3-5-7-9-11-13-15-17-19-21-22-23-24-25-26-28-30-32-34-36-38-40-42-58-44-46(45-59-52-51(57)50(56)49(55)47(43-53)61-52)60-48(54)41-39-37-35-33-31-29-27-20-18-16-14-12-10-8-6-4-2/h15,17,20-22,27,46-47,49-53,55-57H,3-14,16,18-19,23-26,28-45H2,1-2H3/b17-15-,22-21-,27-20-. The van der Waals surface area contributed by atoms with Crippen LogP contribution in [0.1, 0.15) is 226 Å². The Hall–Kier alpha value is -1.59. The summed E-state index contributed by atoms with van der Waals surface area (Å²) in [6.45, 7) is 4.55. The summed E-state index contributed by atoms with van der Waals surface area (Å²) in [5, 5.41) is 40.2. The first-order valence-corrected chi connectivity index (χ1v) is 25.6. The van der Waals surface area contributed by atoms with Crippen molar-refractivity contribution in [2.75, 3.05) is 26.4 Å². The number of hydrogen-bond acceptors (Lipinski definition) is 9. The second kappa shape index (κ2) is 43.7. The summed E-state index contributed by atoms with van der Waals surface area (Å²) in [6.07, 6.45) is 46.0. The molecule has 0 aromatic carbocycles. The molecule has 1 aliphatic heterocycles. The Morgan fingerprint density at radius 2 is 0.951 bits per heavy atom. The largest absolute Gasteiger partial charge is 0.457 e. The van der Waals surface area contributed by atoms with Crippen LogP contribution in [0, 0.1) is 0 Å². The van der Waals surface area contributed by atoms with Gasteiger partial charge in [-0.05, 0) is 70.6 Å². The number of aliphatic hydroxyl groups is 4. The van der Waals surface area contributed by atoms with Gasteiger partial charge in [-0.15, -0.1) is 0 Å². The number of hydrogen-bond donors (Lipinski definition) is 4. The summed E-state index contributed by atoms with van der Waals surface area (Å²) < 4.78 is 22.9. The maximum atomic E-state index is 12.8. The fourth-order valence-corrected chi connectivity index (χ4v) is 7.75. The number of ether oxygens (including phenoxy) is 4. The van der Waals surface area contributed by atoms with E-state index in [4.69, 9.17) is 18.9 Å². The molecule has 358 valence electrons. The molecule has 0 amide bonds. The number of aliphatic hydroxyl groups excluding tert-OH is 4. The molecule has 1 heterocycles. The van der Waals surface area contributed by atoms with E-state index in [9.17, 15) is 25.2 Å². The molecule has 1 saturated heterocycles. The molecule has 9 nitrogen and oxygen atoms in total. The molecule has 6 atom stereocenters. The molecule has 1 aliphatic rings. The van der Waals surface area contributed by atoms with Crippen molar-refractivity contribution in [3.63, 3.8) is 0 Å². The van der Waals surface area contributed by atoms with E-state index in [1.54, 1.807) is 0 Å². The van der Waals surface area contributed by atoms with E-state index in [0.29, 0.717) is 13.0 Å². The molecular weight excluding hydrogens is 769 g/mol. The van der Waals surface area contributed by atoms with Crippen molar-refractivity contribution in [1.29, 1.82) is 0 Å². The first-order valence-electron chi connectivity index (χ1n) is 25.6. The molecule has 0 bridgehead atoms. The summed E-state index contributed by atoms with van der Waals surface area (Å²) in [4.78, 5) is 12.8. The predicted octanol–water partition coefficient (Wildman–Crippen LogP) is 12.3. The Kier molecular flexibility index (Phi) is 41.1. The van der Waals surface area contributed by atoms with Crippen LogP contribution in [0.3, 0.4) is 0 Å². The average Bonchev–Trinajstić information content (AvgIpc) is 3.26. The van der Waals surface area contributed by atoms with Crippen molar-refractivity contribution in [3.8, 4) is 0 Å². The van der Waals surface area contributed by atoms with Crippen molar-refractivity contribution in [2.24, 2.45) is 0 Å². The van der Waals surface area contributed by atoms with Crippen LogP contribution in [0.2, 0.25) is 0 Å². The summed E-state index contributed by atoms with van der Waals surface area (Å²) in [7, 11) is 0. The van der Waals surface area contributed by atoms with Crippen LogP contribution in [0.5, 0.6) is 0 Å². The van der Waals surface area contributed by atoms with Gasteiger partial charge in [0.2, 0.25) is 0 Å². The van der Waals surface area contributed by atoms with E-state index < -0.39 is 43.4 Å². The molecule has 1 rings (SSSR count). The molecule has 0 aliphatic carbocycles. The quantitative estimate of drug-likeness (QED) is 0.0268. The molecule has 9 heteroatoms. The Balaban J connectivity index is 2.20. The molecule has 0 radical (unpaired) electrons. The van der Waals surface area contributed by atoms with Crippen molar-refractivity contribution >= 4 is 5.97 Å². The van der Waals surface area contributed by atoms with Gasteiger partial charge in [-0.1, -0.05) is 185 Å². The smallest absolute Gasteiger partial charge is 0.306 e. The highest BCUT2D eigenvalue weighted by Crippen LogP contribution is 2.23. The van der Waals surface area contributed by atoms with Crippen LogP contribution >= 0.6 is 0 Å². The van der Waals surface area contributed by atoms with E-state index in [0.717, 1.165) is 51.4 Å². The van der Waals surface area contributed by atoms with Gasteiger partial charge in [-0.3, -0.25) is 4.79 Å². The van der Waals surface area contributed by atoms with Gasteiger partial charge in [-0.2, -0.15) is 0 Å². The van der Waals surface area contributed by atoms with E-state index in [2.05, 4.69) is 50.3 Å². The Morgan fingerprint density at radius 3 is 1.43 bits per heavy atom. The van der Waals surface area contributed by atoms with Crippen LogP contribution in [-0.2, 0) is 23.7 Å². The highest BCUT2D eigenvalue weighted by Gasteiger charge is 2.44. The number of rotatable bonds is 44. The number of esters is 1. The second-order valence-corrected chi connectivity index (χ2v) is 17.6. The van der Waals surface area contributed by atoms with Gasteiger partial charge < -0.3 is 39.4 Å². The zero-order valence-corrected chi connectivity index (χ0v) is 39.4. The topological polar surface area (TPSA) is 135 Å². The molecule has 61 heavy (non-hydrogen) atoms. The van der Waals surface area contributed by atoms with Crippen LogP contribution in [0.4, 0.5) is 0 Å². The zero-order valence-electron chi connectivity index (χ0n) is 39.4. The predicted molar refractivity (Wildman–Crippen MR) is 252 cm³/mol. The van der Waals surface area contributed by atoms with Gasteiger partial charge >= 0.3 is 5.97 Å². The minimum Gasteiger partial charge on any atom is -0.457 e. The van der Waals surface area contributed by atoms with Crippen LogP contribution in [-0.4, -0.2) is 89.6 Å². The summed E-state index contributed by atoms with van der Waals surface area (Å²) in [6, 6.07) is 0. The van der Waals surface area contributed by atoms with Gasteiger partial charge in [0.25, 0.3) is 0 Å². The number of unbranched alkanes of at least 4 members (excludes halogenated alkanes) is 27. The maximum Gasteiger partial charge on any atom is 0.306 e. The lowest BCUT2D eigenvalue weighted by Gasteiger charge is -2.39. The number of carbonyl (C=O) groups excluding carboxylic acids is 1. The van der Waals surface area contributed by atoms with Crippen molar-refractivity contribution in [3.05, 3.63) is 36.5 Å². The summed E-state index contributed by atoms with van der Waals surface area (Å²) >= 11 is 0. The Bertz CT molecular complexity index is 1030. The zero-order chi connectivity index (χ0) is 44.3. The fraction of sp³-hybridized carbons (Fsp3) is 0.865. The van der Waals surface area contributed by atoms with Crippen molar-refractivity contribution in [2.45, 2.75) is 263 Å². The third-order valence-corrected chi connectivity index (χ3v) is 11.8. The third-order valence-electron chi connectivity index (χ3n) is 11.8. The van der Waals surface area contributed by atoms with Crippen LogP contribution in [0.25, 0.3) is 0 Å². The average molecular weight is 865 g/mol. The lowest BCUT2D eigenvalue weighted by molar-refractivity contribution is -0.305. The summed E-state index contributed by atoms with van der Waals surface area (Å²) in [5.41, 5.74) is 0. The molecule has 0 saturated carbocycles. The minimum atomic E-state index is -1.54. The molecule has 0 spiro atoms. The summed E-state index contributed by atoms with van der Waals surface area (Å²) in [5.74, 6) is -0.321. The van der Waals surface area contributed by atoms with Gasteiger partial charge in [0, 0.05) is 13.0 Å². The van der Waals surface area contributed by atoms with E-state index in [1.165, 1.54) is 154 Å². The second-order valence-electron chi connectivity index (χ2n) is 17.6. The van der Waals surface area contributed by atoms with Gasteiger partial charge in [-0.25, -0.2) is 0 Å². The van der Waals surface area contributed by atoms with E-state index in [-0.39, 0.29) is 19.2 Å². The number of allylic oxidation sites excluding steroid dienone is 6. The van der Waals surface area contributed by atoms with Gasteiger partial charge in [0.15, 0.2) is 6.29 Å². The van der Waals surface area contributed by atoms with Gasteiger partial charge in [0.1, 0.15) is 30.5 Å². The lowest BCUT2D eigenvalue weighted by Crippen LogP contribution is -2.59. The monoisotopic (exact) mass is 865 g/mol. The van der Waals surface area contributed by atoms with Gasteiger partial charge in [0.05, 0.1) is 19.8 Å². The molecule has 0 aromatic heterocycles. The molecule has 1 fully saturated rings. The van der Waals surface area contributed by atoms with Crippen molar-refractivity contribution in [1.82, 2.24) is 0 Å². The van der Waals surface area contributed by atoms with E-state index >= 15 is 0 Å². The first kappa shape index (κ1) is 57.4. The SMILES string of the molecule is CCCCCCC/C=C\C/C=C\CCCCCCCCCCCCOCC(COC1OC(CO)C(O)C(O)C1O)OC(=O)CCCCCCC/C=C\CCCCCCCCC. The molecular formula is C52H96O9. The van der Waals surface area contributed by atoms with Crippen LogP contribution < -0.4 is 0 Å². The number of carbonyl (C=O) groups is 1. The van der Waals surface area contributed by atoms with Crippen molar-refractivity contribution < 1.29 is 44.2 Å². The highest BCUT2D eigenvalue weighted by atomic mass is 16.7. The third kappa shape index (κ3) is 34.5. The first-order chi connectivity index (χ1) is 29.9. The highest BCUT2D eigenvalue weighted by molar-refractivity contribution is 5.69. The normalized spacial score (nSPS) is 20.1. The maximum absolute atomic E-state index is 12.8. The fourth-order valence-electron chi connectivity index (χ4n) is 7.75. The Morgan fingerprint density at radius 1 is 0.525 bits per heavy atom. The molecule has 4 N–H and O–H groups in total. The van der Waals surface area contributed by atoms with Crippen LogP contribution in [0.15, 0.2) is 36.5 Å². The van der Waals surface area contributed by atoms with E-state index in [1.807, 2.05) is 0 Å². The molecule has 0 aromatic rings. The minimum absolute atomic E-state index is 0.117. The Labute approximate surface area is 374 Å².